The summed E-state index contributed by atoms with van der Waals surface area (Å²) < 4.78 is 5.56. The summed E-state index contributed by atoms with van der Waals surface area (Å²) in [6.07, 6.45) is 10.3. The van der Waals surface area contributed by atoms with Crippen LogP contribution in [0.1, 0.15) is 81.5 Å². The van der Waals surface area contributed by atoms with Gasteiger partial charge in [0, 0.05) is 32.0 Å². The highest BCUT2D eigenvalue weighted by Gasteiger charge is 2.47. The van der Waals surface area contributed by atoms with Crippen molar-refractivity contribution in [3.8, 4) is 0 Å². The maximum atomic E-state index is 12.4. The van der Waals surface area contributed by atoms with Crippen LogP contribution in [0.3, 0.4) is 0 Å². The van der Waals surface area contributed by atoms with E-state index in [2.05, 4.69) is 22.0 Å². The van der Waals surface area contributed by atoms with Crippen molar-refractivity contribution >= 4 is 5.91 Å². The van der Waals surface area contributed by atoms with Crippen LogP contribution < -0.4 is 0 Å². The van der Waals surface area contributed by atoms with Crippen LogP contribution >= 0.6 is 0 Å². The van der Waals surface area contributed by atoms with Gasteiger partial charge in [0.25, 0.3) is 0 Å². The highest BCUT2D eigenvalue weighted by molar-refractivity contribution is 5.76. The molecule has 1 atom stereocenters. The number of piperidine rings is 1. The van der Waals surface area contributed by atoms with Gasteiger partial charge in [-0.2, -0.15) is 4.98 Å². The van der Waals surface area contributed by atoms with Crippen LogP contribution in [0, 0.1) is 11.3 Å². The van der Waals surface area contributed by atoms with Gasteiger partial charge in [0.2, 0.25) is 11.8 Å². The van der Waals surface area contributed by atoms with Crippen molar-refractivity contribution in [1.29, 1.82) is 0 Å². The number of carbonyl (C=O) groups excluding carboxylic acids is 1. The second-order valence-electron chi connectivity index (χ2n) is 9.28. The second-order valence-corrected chi connectivity index (χ2v) is 9.28. The molecule has 1 unspecified atom stereocenters. The number of amides is 1. The quantitative estimate of drug-likeness (QED) is 0.827. The van der Waals surface area contributed by atoms with Gasteiger partial charge in [-0.25, -0.2) is 0 Å². The van der Waals surface area contributed by atoms with Gasteiger partial charge >= 0.3 is 0 Å². The van der Waals surface area contributed by atoms with Gasteiger partial charge in [-0.15, -0.1) is 0 Å². The first-order chi connectivity index (χ1) is 12.6. The molecule has 1 aromatic heterocycles. The van der Waals surface area contributed by atoms with Crippen LogP contribution in [0.25, 0.3) is 0 Å². The molecule has 0 radical (unpaired) electrons. The van der Waals surface area contributed by atoms with Crippen molar-refractivity contribution in [3.05, 3.63) is 11.7 Å². The molecule has 2 aliphatic carbocycles. The smallest absolute Gasteiger partial charge is 0.229 e. The van der Waals surface area contributed by atoms with Gasteiger partial charge in [-0.05, 0) is 63.3 Å². The Kier molecular flexibility index (Phi) is 4.07. The Hall–Kier alpha value is -1.43. The maximum Gasteiger partial charge on any atom is 0.229 e. The minimum absolute atomic E-state index is 0.265. The zero-order valence-corrected chi connectivity index (χ0v) is 15.8. The lowest BCUT2D eigenvalue weighted by atomic mass is 9.76. The SMILES string of the molecule is CN1CC2(CCN(C(=O)CC3CC3)CC2)CC1c1noc(C2CCC2)n1. The summed E-state index contributed by atoms with van der Waals surface area (Å²) in [5.74, 6) is 3.29. The molecule has 1 spiro atoms. The summed E-state index contributed by atoms with van der Waals surface area (Å²) in [6.45, 7) is 2.92. The standard InChI is InChI=1S/C20H30N4O2/c1-23-13-20(7-9-24(10-8-20)17(25)11-14-5-6-14)12-16(23)18-21-19(26-22-18)15-3-2-4-15/h14-16H,2-13H2,1H3. The summed E-state index contributed by atoms with van der Waals surface area (Å²) in [6, 6.07) is 0.265. The van der Waals surface area contributed by atoms with Crippen LogP contribution in [-0.4, -0.2) is 52.5 Å². The van der Waals surface area contributed by atoms with Crippen LogP contribution in [-0.2, 0) is 4.79 Å². The molecule has 0 N–H and O–H groups in total. The highest BCUT2D eigenvalue weighted by atomic mass is 16.5. The average Bonchev–Trinajstić information content (AvgIpc) is 3.16. The van der Waals surface area contributed by atoms with Crippen molar-refractivity contribution < 1.29 is 9.32 Å². The van der Waals surface area contributed by atoms with E-state index in [-0.39, 0.29) is 6.04 Å². The molecule has 26 heavy (non-hydrogen) atoms. The van der Waals surface area contributed by atoms with Gasteiger partial charge in [-0.3, -0.25) is 9.69 Å². The molecule has 5 rings (SSSR count). The number of carbonyl (C=O) groups is 1. The lowest BCUT2D eigenvalue weighted by Gasteiger charge is -2.39. The molecule has 3 heterocycles. The first-order valence-corrected chi connectivity index (χ1v) is 10.4. The molecule has 4 fully saturated rings. The molecule has 6 heteroatoms. The van der Waals surface area contributed by atoms with Gasteiger partial charge in [0.05, 0.1) is 6.04 Å². The summed E-state index contributed by atoms with van der Waals surface area (Å²) in [4.78, 5) is 21.6. The van der Waals surface area contributed by atoms with E-state index in [1.807, 2.05) is 0 Å². The van der Waals surface area contributed by atoms with Crippen molar-refractivity contribution in [2.75, 3.05) is 26.7 Å². The van der Waals surface area contributed by atoms with E-state index >= 15 is 0 Å². The molecule has 6 nitrogen and oxygen atoms in total. The molecule has 4 aliphatic rings. The molecule has 0 bridgehead atoms. The van der Waals surface area contributed by atoms with E-state index in [4.69, 9.17) is 9.51 Å². The fourth-order valence-electron chi connectivity index (χ4n) is 5.05. The summed E-state index contributed by atoms with van der Waals surface area (Å²) in [5, 5.41) is 4.32. The molecular formula is C20H30N4O2. The lowest BCUT2D eigenvalue weighted by molar-refractivity contribution is -0.133. The highest BCUT2D eigenvalue weighted by Crippen LogP contribution is 2.48. The number of hydrogen-bond acceptors (Lipinski definition) is 5. The van der Waals surface area contributed by atoms with Gasteiger partial charge in [0.1, 0.15) is 0 Å². The van der Waals surface area contributed by atoms with Crippen LogP contribution in [0.15, 0.2) is 4.52 Å². The molecule has 1 aromatic rings. The Morgan fingerprint density at radius 1 is 1.23 bits per heavy atom. The van der Waals surface area contributed by atoms with Crippen LogP contribution in [0.5, 0.6) is 0 Å². The zero-order chi connectivity index (χ0) is 17.7. The Balaban J connectivity index is 1.21. The normalized spacial score (nSPS) is 29.3. The number of aromatic nitrogens is 2. The predicted octanol–water partition coefficient (Wildman–Crippen LogP) is 3.12. The molecule has 1 amide bonds. The second kappa shape index (κ2) is 6.32. The van der Waals surface area contributed by atoms with Gasteiger partial charge in [0.15, 0.2) is 5.82 Å². The maximum absolute atomic E-state index is 12.4. The van der Waals surface area contributed by atoms with Crippen LogP contribution in [0.2, 0.25) is 0 Å². The Bertz CT molecular complexity index is 671. The number of likely N-dealkylation sites (tertiary alicyclic amines) is 2. The molecule has 2 saturated carbocycles. The number of nitrogens with zero attached hydrogens (tertiary/aromatic N) is 4. The van der Waals surface area contributed by atoms with Gasteiger partial charge < -0.3 is 9.42 Å². The van der Waals surface area contributed by atoms with E-state index in [1.54, 1.807) is 0 Å². The third-order valence-electron chi connectivity index (χ3n) is 7.29. The summed E-state index contributed by atoms with van der Waals surface area (Å²) in [5.41, 5.74) is 0.313. The first kappa shape index (κ1) is 16.7. The van der Waals surface area contributed by atoms with E-state index in [0.29, 0.717) is 23.2 Å². The predicted molar refractivity (Wildman–Crippen MR) is 96.5 cm³/mol. The minimum Gasteiger partial charge on any atom is -0.343 e. The van der Waals surface area contributed by atoms with Crippen molar-refractivity contribution in [1.82, 2.24) is 19.9 Å². The lowest BCUT2D eigenvalue weighted by Crippen LogP contribution is -2.44. The first-order valence-electron chi connectivity index (χ1n) is 10.4. The molecule has 2 aliphatic heterocycles. The molecule has 0 aromatic carbocycles. The van der Waals surface area contributed by atoms with Crippen molar-refractivity contribution in [2.45, 2.75) is 69.7 Å². The summed E-state index contributed by atoms with van der Waals surface area (Å²) >= 11 is 0. The Labute approximate surface area is 155 Å². The largest absolute Gasteiger partial charge is 0.343 e. The van der Waals surface area contributed by atoms with E-state index in [9.17, 15) is 4.79 Å². The van der Waals surface area contributed by atoms with E-state index < -0.39 is 0 Å². The zero-order valence-electron chi connectivity index (χ0n) is 15.8. The van der Waals surface area contributed by atoms with Crippen molar-refractivity contribution in [2.24, 2.45) is 11.3 Å². The van der Waals surface area contributed by atoms with Crippen molar-refractivity contribution in [3.63, 3.8) is 0 Å². The Morgan fingerprint density at radius 3 is 2.65 bits per heavy atom. The Morgan fingerprint density at radius 2 is 2.00 bits per heavy atom. The van der Waals surface area contributed by atoms with Gasteiger partial charge in [-0.1, -0.05) is 11.6 Å². The third-order valence-corrected chi connectivity index (χ3v) is 7.29. The molecule has 2 saturated heterocycles. The number of rotatable bonds is 4. The minimum atomic E-state index is 0.265. The van der Waals surface area contributed by atoms with Crippen LogP contribution in [0.4, 0.5) is 0 Å². The summed E-state index contributed by atoms with van der Waals surface area (Å²) in [7, 11) is 2.18. The topological polar surface area (TPSA) is 62.5 Å². The fourth-order valence-corrected chi connectivity index (χ4v) is 5.05. The average molecular weight is 358 g/mol. The monoisotopic (exact) mass is 358 g/mol. The number of hydrogen-bond donors (Lipinski definition) is 0. The van der Waals surface area contributed by atoms with E-state index in [0.717, 1.165) is 57.0 Å². The molecular weight excluding hydrogens is 328 g/mol. The third kappa shape index (κ3) is 3.06. The molecule has 142 valence electrons. The fraction of sp³-hybridized carbons (Fsp3) is 0.850. The van der Waals surface area contributed by atoms with E-state index in [1.165, 1.54) is 32.1 Å².